The molecule has 3 rings (SSSR count). The van der Waals surface area contributed by atoms with Crippen molar-refractivity contribution >= 4 is 23.2 Å². The standard InChI is InChI=1S/C12H17ClN6/c1-2-3-17-4-6-18(7-5-17)11-8-10(13)16-12-14-9-15-19(11)12/h8-9H,2-7H2,1H3. The van der Waals surface area contributed by atoms with E-state index in [1.54, 1.807) is 4.52 Å². The summed E-state index contributed by atoms with van der Waals surface area (Å²) in [6.45, 7) is 7.50. The SMILES string of the molecule is CCCN1CCN(c2cc(Cl)nc3ncnn23)CC1. The number of aromatic nitrogens is 4. The molecule has 1 saturated heterocycles. The van der Waals surface area contributed by atoms with E-state index in [2.05, 4.69) is 31.8 Å². The summed E-state index contributed by atoms with van der Waals surface area (Å²) in [6.07, 6.45) is 2.71. The van der Waals surface area contributed by atoms with E-state index in [0.717, 1.165) is 32.0 Å². The summed E-state index contributed by atoms with van der Waals surface area (Å²) < 4.78 is 1.75. The van der Waals surface area contributed by atoms with Crippen molar-refractivity contribution in [3.8, 4) is 0 Å². The molecular formula is C12H17ClN6. The highest BCUT2D eigenvalue weighted by molar-refractivity contribution is 6.29. The molecule has 1 aliphatic heterocycles. The zero-order valence-corrected chi connectivity index (χ0v) is 11.7. The molecular weight excluding hydrogens is 264 g/mol. The molecule has 3 heterocycles. The molecule has 0 radical (unpaired) electrons. The highest BCUT2D eigenvalue weighted by Crippen LogP contribution is 2.20. The molecule has 7 heteroatoms. The van der Waals surface area contributed by atoms with Gasteiger partial charge in [0.1, 0.15) is 17.3 Å². The van der Waals surface area contributed by atoms with E-state index in [0.29, 0.717) is 10.9 Å². The van der Waals surface area contributed by atoms with Gasteiger partial charge in [0.05, 0.1) is 0 Å². The second-order valence-corrected chi connectivity index (χ2v) is 5.12. The Kier molecular flexibility index (Phi) is 3.52. The first-order valence-corrected chi connectivity index (χ1v) is 6.99. The average Bonchev–Trinajstić information content (AvgIpc) is 2.87. The number of piperazine rings is 1. The van der Waals surface area contributed by atoms with Crippen LogP contribution >= 0.6 is 11.6 Å². The summed E-state index contributed by atoms with van der Waals surface area (Å²) in [5.41, 5.74) is 0. The summed E-state index contributed by atoms with van der Waals surface area (Å²) in [7, 11) is 0. The second kappa shape index (κ2) is 5.30. The molecule has 2 aromatic rings. The highest BCUT2D eigenvalue weighted by atomic mass is 35.5. The zero-order valence-electron chi connectivity index (χ0n) is 11.0. The van der Waals surface area contributed by atoms with Crippen molar-refractivity contribution in [1.29, 1.82) is 0 Å². The summed E-state index contributed by atoms with van der Waals surface area (Å²) in [5, 5.41) is 4.68. The fourth-order valence-corrected chi connectivity index (χ4v) is 2.68. The minimum atomic E-state index is 0.464. The Morgan fingerprint density at radius 2 is 2.05 bits per heavy atom. The molecule has 0 unspecified atom stereocenters. The van der Waals surface area contributed by atoms with Crippen LogP contribution in [0.25, 0.3) is 5.78 Å². The topological polar surface area (TPSA) is 49.6 Å². The molecule has 2 aromatic heterocycles. The maximum atomic E-state index is 6.05. The van der Waals surface area contributed by atoms with Gasteiger partial charge in [0.15, 0.2) is 0 Å². The average molecular weight is 281 g/mol. The van der Waals surface area contributed by atoms with Crippen LogP contribution in [0, 0.1) is 0 Å². The molecule has 6 nitrogen and oxygen atoms in total. The number of fused-ring (bicyclic) bond motifs is 1. The van der Waals surface area contributed by atoms with Gasteiger partial charge in [-0.1, -0.05) is 18.5 Å². The summed E-state index contributed by atoms with van der Waals surface area (Å²) in [6, 6.07) is 1.86. The number of hydrogen-bond acceptors (Lipinski definition) is 5. The van der Waals surface area contributed by atoms with Crippen molar-refractivity contribution in [2.45, 2.75) is 13.3 Å². The molecule has 0 atom stereocenters. The lowest BCUT2D eigenvalue weighted by molar-refractivity contribution is 0.257. The van der Waals surface area contributed by atoms with E-state index in [1.165, 1.54) is 19.3 Å². The Morgan fingerprint density at radius 3 is 2.79 bits per heavy atom. The largest absolute Gasteiger partial charge is 0.354 e. The molecule has 0 spiro atoms. The highest BCUT2D eigenvalue weighted by Gasteiger charge is 2.19. The minimum Gasteiger partial charge on any atom is -0.354 e. The van der Waals surface area contributed by atoms with Crippen LogP contribution in [-0.2, 0) is 0 Å². The van der Waals surface area contributed by atoms with Gasteiger partial charge in [0.25, 0.3) is 5.78 Å². The third kappa shape index (κ3) is 2.50. The van der Waals surface area contributed by atoms with Gasteiger partial charge >= 0.3 is 0 Å². The van der Waals surface area contributed by atoms with Crippen molar-refractivity contribution in [2.75, 3.05) is 37.6 Å². The molecule has 0 saturated carbocycles. The molecule has 19 heavy (non-hydrogen) atoms. The third-order valence-electron chi connectivity index (χ3n) is 3.44. The van der Waals surface area contributed by atoms with Crippen molar-refractivity contribution in [3.05, 3.63) is 17.5 Å². The second-order valence-electron chi connectivity index (χ2n) is 4.74. The summed E-state index contributed by atoms with van der Waals surface area (Å²) in [5.74, 6) is 1.53. The minimum absolute atomic E-state index is 0.464. The first-order valence-electron chi connectivity index (χ1n) is 6.61. The van der Waals surface area contributed by atoms with Gasteiger partial charge < -0.3 is 4.90 Å². The normalized spacial score (nSPS) is 17.3. The Hall–Kier alpha value is -1.40. The molecule has 1 fully saturated rings. The van der Waals surface area contributed by atoms with Crippen LogP contribution in [-0.4, -0.2) is 57.2 Å². The Bertz CT molecular complexity index is 560. The van der Waals surface area contributed by atoms with Gasteiger partial charge in [-0.15, -0.1) is 0 Å². The van der Waals surface area contributed by atoms with Gasteiger partial charge in [-0.2, -0.15) is 19.6 Å². The molecule has 0 bridgehead atoms. The maximum Gasteiger partial charge on any atom is 0.255 e. The lowest BCUT2D eigenvalue weighted by atomic mass is 10.3. The van der Waals surface area contributed by atoms with Crippen molar-refractivity contribution in [3.63, 3.8) is 0 Å². The molecule has 0 amide bonds. The van der Waals surface area contributed by atoms with E-state index in [1.807, 2.05) is 6.07 Å². The zero-order chi connectivity index (χ0) is 13.2. The molecule has 102 valence electrons. The van der Waals surface area contributed by atoms with Crippen LogP contribution in [0.4, 0.5) is 5.82 Å². The van der Waals surface area contributed by atoms with Gasteiger partial charge in [0.2, 0.25) is 0 Å². The lowest BCUT2D eigenvalue weighted by Gasteiger charge is -2.35. The van der Waals surface area contributed by atoms with E-state index in [9.17, 15) is 0 Å². The van der Waals surface area contributed by atoms with E-state index in [-0.39, 0.29) is 0 Å². The molecule has 0 aromatic carbocycles. The number of anilines is 1. The third-order valence-corrected chi connectivity index (χ3v) is 3.63. The molecule has 0 aliphatic carbocycles. The summed E-state index contributed by atoms with van der Waals surface area (Å²) >= 11 is 6.05. The Morgan fingerprint density at radius 1 is 1.26 bits per heavy atom. The monoisotopic (exact) mass is 280 g/mol. The van der Waals surface area contributed by atoms with Gasteiger partial charge in [0, 0.05) is 32.2 Å². The van der Waals surface area contributed by atoms with Crippen LogP contribution in [0.15, 0.2) is 12.4 Å². The van der Waals surface area contributed by atoms with Crippen LogP contribution < -0.4 is 4.90 Å². The first kappa shape index (κ1) is 12.6. The number of rotatable bonds is 3. The fraction of sp³-hybridized carbons (Fsp3) is 0.583. The van der Waals surface area contributed by atoms with Crippen molar-refractivity contribution < 1.29 is 0 Å². The number of hydrogen-bond donors (Lipinski definition) is 0. The molecule has 0 N–H and O–H groups in total. The molecule has 1 aliphatic rings. The van der Waals surface area contributed by atoms with E-state index < -0.39 is 0 Å². The van der Waals surface area contributed by atoms with Gasteiger partial charge in [-0.25, -0.2) is 0 Å². The predicted molar refractivity (Wildman–Crippen MR) is 74.7 cm³/mol. The van der Waals surface area contributed by atoms with E-state index >= 15 is 0 Å². The van der Waals surface area contributed by atoms with Gasteiger partial charge in [-0.05, 0) is 13.0 Å². The van der Waals surface area contributed by atoms with Crippen molar-refractivity contribution in [1.82, 2.24) is 24.5 Å². The van der Waals surface area contributed by atoms with Crippen LogP contribution in [0.3, 0.4) is 0 Å². The van der Waals surface area contributed by atoms with Crippen LogP contribution in [0.2, 0.25) is 5.15 Å². The Balaban J connectivity index is 1.83. The quantitative estimate of drug-likeness (QED) is 0.794. The van der Waals surface area contributed by atoms with Crippen LogP contribution in [0.5, 0.6) is 0 Å². The fourth-order valence-electron chi connectivity index (χ4n) is 2.51. The summed E-state index contributed by atoms with van der Waals surface area (Å²) in [4.78, 5) is 13.0. The first-order chi connectivity index (χ1) is 9.28. The van der Waals surface area contributed by atoms with Crippen LogP contribution in [0.1, 0.15) is 13.3 Å². The predicted octanol–water partition coefficient (Wildman–Crippen LogP) is 1.31. The number of halogens is 1. The van der Waals surface area contributed by atoms with E-state index in [4.69, 9.17) is 11.6 Å². The smallest absolute Gasteiger partial charge is 0.255 e. The lowest BCUT2D eigenvalue weighted by Crippen LogP contribution is -2.47. The number of nitrogens with zero attached hydrogens (tertiary/aromatic N) is 6. The Labute approximate surface area is 117 Å². The maximum absolute atomic E-state index is 6.05. The van der Waals surface area contributed by atoms with Gasteiger partial charge in [-0.3, -0.25) is 4.90 Å². The van der Waals surface area contributed by atoms with Crippen molar-refractivity contribution in [2.24, 2.45) is 0 Å².